The summed E-state index contributed by atoms with van der Waals surface area (Å²) in [7, 11) is 0. The molecule has 2 heterocycles. The lowest BCUT2D eigenvalue weighted by Crippen LogP contribution is -2.53. The molecule has 2 atom stereocenters. The molecule has 2 N–H and O–H groups in total. The van der Waals surface area contributed by atoms with Crippen molar-refractivity contribution in [3.63, 3.8) is 0 Å². The fourth-order valence-corrected chi connectivity index (χ4v) is 3.26. The zero-order chi connectivity index (χ0) is 17.8. The first kappa shape index (κ1) is 18.3. The van der Waals surface area contributed by atoms with Crippen molar-refractivity contribution in [1.82, 2.24) is 4.90 Å². The van der Waals surface area contributed by atoms with Crippen molar-refractivity contribution in [3.8, 4) is 0 Å². The minimum atomic E-state index is -0.347. The molecule has 0 radical (unpaired) electrons. The summed E-state index contributed by atoms with van der Waals surface area (Å²) in [6.07, 6.45) is -0.347. The maximum absolute atomic E-state index is 12.8. The van der Waals surface area contributed by atoms with Crippen molar-refractivity contribution in [2.75, 3.05) is 56.3 Å². The highest BCUT2D eigenvalue weighted by Crippen LogP contribution is 2.30. The molecule has 3 rings (SSSR count). The number of rotatable bonds is 3. The second-order valence-electron chi connectivity index (χ2n) is 6.33. The highest BCUT2D eigenvalue weighted by molar-refractivity contribution is 6.31. The summed E-state index contributed by atoms with van der Waals surface area (Å²) in [5, 5.41) is 12.8. The van der Waals surface area contributed by atoms with Crippen LogP contribution in [0, 0.1) is 0 Å². The summed E-state index contributed by atoms with van der Waals surface area (Å²) >= 11 is 6.14. The molecule has 2 unspecified atom stereocenters. The molecule has 0 aliphatic carbocycles. The molecule has 8 heteroatoms. The number of carbonyl (C=O) groups is 1. The van der Waals surface area contributed by atoms with Crippen molar-refractivity contribution in [1.29, 1.82) is 0 Å². The first-order valence-corrected chi connectivity index (χ1v) is 8.88. The van der Waals surface area contributed by atoms with Gasteiger partial charge in [0.2, 0.25) is 0 Å². The number of anilines is 2. The average molecular weight is 370 g/mol. The number of benzene rings is 1. The number of aliphatic hydroxyl groups excluding tert-OH is 1. The number of hydrogen-bond donors (Lipinski definition) is 2. The maximum atomic E-state index is 12.8. The van der Waals surface area contributed by atoms with Crippen LogP contribution in [0.25, 0.3) is 0 Å². The SMILES string of the molecule is CC1COC(CO)CN1C(=O)Nc1cc(Cl)ccc1N1CCOCC1. The van der Waals surface area contributed by atoms with Crippen LogP contribution in [0.2, 0.25) is 5.02 Å². The summed E-state index contributed by atoms with van der Waals surface area (Å²) < 4.78 is 10.9. The molecule has 25 heavy (non-hydrogen) atoms. The van der Waals surface area contributed by atoms with Gasteiger partial charge < -0.3 is 29.7 Å². The molecule has 7 nitrogen and oxygen atoms in total. The second-order valence-corrected chi connectivity index (χ2v) is 6.77. The minimum Gasteiger partial charge on any atom is -0.394 e. The number of morpholine rings is 2. The van der Waals surface area contributed by atoms with Gasteiger partial charge in [-0.3, -0.25) is 0 Å². The molecule has 2 aliphatic heterocycles. The van der Waals surface area contributed by atoms with E-state index in [4.69, 9.17) is 21.1 Å². The molecule has 1 aromatic rings. The Labute approximate surface area is 152 Å². The molecule has 0 spiro atoms. The number of amides is 2. The standard InChI is InChI=1S/C17H24ClN3O4/c1-12-11-25-14(10-22)9-21(12)17(23)19-15-8-13(18)2-3-16(15)20-4-6-24-7-5-20/h2-3,8,12,14,22H,4-7,9-11H2,1H3,(H,19,23). The third-order valence-corrected chi connectivity index (χ3v) is 4.76. The number of nitrogens with zero attached hydrogens (tertiary/aromatic N) is 2. The van der Waals surface area contributed by atoms with Crippen LogP contribution in [-0.2, 0) is 9.47 Å². The smallest absolute Gasteiger partial charge is 0.322 e. The van der Waals surface area contributed by atoms with Gasteiger partial charge in [-0.2, -0.15) is 0 Å². The van der Waals surface area contributed by atoms with Gasteiger partial charge in [0.25, 0.3) is 0 Å². The predicted octanol–water partition coefficient (Wildman–Crippen LogP) is 1.79. The molecule has 0 saturated carbocycles. The molecule has 2 fully saturated rings. The van der Waals surface area contributed by atoms with E-state index in [0.29, 0.717) is 37.1 Å². The van der Waals surface area contributed by atoms with Crippen LogP contribution in [0.15, 0.2) is 18.2 Å². The Bertz CT molecular complexity index is 610. The Morgan fingerprint density at radius 3 is 2.88 bits per heavy atom. The van der Waals surface area contributed by atoms with Gasteiger partial charge in [-0.05, 0) is 25.1 Å². The first-order valence-electron chi connectivity index (χ1n) is 8.51. The normalized spacial score (nSPS) is 24.3. The summed E-state index contributed by atoms with van der Waals surface area (Å²) in [5.74, 6) is 0. The second kappa shape index (κ2) is 8.23. The van der Waals surface area contributed by atoms with Crippen LogP contribution in [0.1, 0.15) is 6.92 Å². The zero-order valence-corrected chi connectivity index (χ0v) is 15.0. The highest BCUT2D eigenvalue weighted by Gasteiger charge is 2.30. The Kier molecular flexibility index (Phi) is 6.01. The van der Waals surface area contributed by atoms with Crippen LogP contribution in [0.3, 0.4) is 0 Å². The van der Waals surface area contributed by atoms with Crippen LogP contribution in [-0.4, -0.2) is 74.2 Å². The van der Waals surface area contributed by atoms with Gasteiger partial charge in [0, 0.05) is 18.1 Å². The van der Waals surface area contributed by atoms with Gasteiger partial charge in [0.1, 0.15) is 0 Å². The number of halogens is 1. The number of aliphatic hydroxyl groups is 1. The van der Waals surface area contributed by atoms with E-state index in [1.165, 1.54) is 0 Å². The predicted molar refractivity (Wildman–Crippen MR) is 96.5 cm³/mol. The number of urea groups is 1. The summed E-state index contributed by atoms with van der Waals surface area (Å²) in [6.45, 7) is 5.45. The number of carbonyl (C=O) groups excluding carboxylic acids is 1. The Hall–Kier alpha value is -1.54. The van der Waals surface area contributed by atoms with Crippen LogP contribution in [0.5, 0.6) is 0 Å². The lowest BCUT2D eigenvalue weighted by Gasteiger charge is -2.37. The van der Waals surface area contributed by atoms with E-state index in [1.807, 2.05) is 19.1 Å². The van der Waals surface area contributed by atoms with Crippen LogP contribution < -0.4 is 10.2 Å². The van der Waals surface area contributed by atoms with Gasteiger partial charge >= 0.3 is 6.03 Å². The molecule has 1 aromatic carbocycles. The average Bonchev–Trinajstić information content (AvgIpc) is 2.63. The van der Waals surface area contributed by atoms with Gasteiger partial charge in [0.15, 0.2) is 0 Å². The summed E-state index contributed by atoms with van der Waals surface area (Å²) in [4.78, 5) is 16.6. The summed E-state index contributed by atoms with van der Waals surface area (Å²) in [5.41, 5.74) is 1.61. The fraction of sp³-hybridized carbons (Fsp3) is 0.588. The fourth-order valence-electron chi connectivity index (χ4n) is 3.09. The highest BCUT2D eigenvalue weighted by atomic mass is 35.5. The number of hydrogen-bond acceptors (Lipinski definition) is 5. The van der Waals surface area contributed by atoms with Crippen molar-refractivity contribution in [2.24, 2.45) is 0 Å². The molecular weight excluding hydrogens is 346 g/mol. The zero-order valence-electron chi connectivity index (χ0n) is 14.3. The molecule has 0 aromatic heterocycles. The maximum Gasteiger partial charge on any atom is 0.322 e. The van der Waals surface area contributed by atoms with E-state index in [9.17, 15) is 9.90 Å². The third-order valence-electron chi connectivity index (χ3n) is 4.52. The van der Waals surface area contributed by atoms with Gasteiger partial charge in [0.05, 0.1) is 56.5 Å². The van der Waals surface area contributed by atoms with E-state index in [-0.39, 0.29) is 24.8 Å². The lowest BCUT2D eigenvalue weighted by atomic mass is 10.2. The first-order chi connectivity index (χ1) is 12.1. The quantitative estimate of drug-likeness (QED) is 0.849. The monoisotopic (exact) mass is 369 g/mol. The van der Waals surface area contributed by atoms with E-state index >= 15 is 0 Å². The number of nitrogens with one attached hydrogen (secondary N) is 1. The Morgan fingerprint density at radius 2 is 2.16 bits per heavy atom. The number of ether oxygens (including phenoxy) is 2. The van der Waals surface area contributed by atoms with Gasteiger partial charge in [-0.15, -0.1) is 0 Å². The van der Waals surface area contributed by atoms with E-state index in [2.05, 4.69) is 10.2 Å². The van der Waals surface area contributed by atoms with Crippen molar-refractivity contribution in [3.05, 3.63) is 23.2 Å². The minimum absolute atomic E-state index is 0.0613. The van der Waals surface area contributed by atoms with Crippen molar-refractivity contribution >= 4 is 29.0 Å². The van der Waals surface area contributed by atoms with Crippen molar-refractivity contribution < 1.29 is 19.4 Å². The van der Waals surface area contributed by atoms with Crippen LogP contribution >= 0.6 is 11.6 Å². The van der Waals surface area contributed by atoms with E-state index < -0.39 is 0 Å². The summed E-state index contributed by atoms with van der Waals surface area (Å²) in [6, 6.07) is 5.22. The van der Waals surface area contributed by atoms with Gasteiger partial charge in [-0.25, -0.2) is 4.79 Å². The molecule has 2 aliphatic rings. The van der Waals surface area contributed by atoms with Crippen LogP contribution in [0.4, 0.5) is 16.2 Å². The largest absolute Gasteiger partial charge is 0.394 e. The molecule has 0 bridgehead atoms. The Morgan fingerprint density at radius 1 is 1.40 bits per heavy atom. The lowest BCUT2D eigenvalue weighted by molar-refractivity contribution is -0.0611. The van der Waals surface area contributed by atoms with Crippen molar-refractivity contribution in [2.45, 2.75) is 19.1 Å². The van der Waals surface area contributed by atoms with E-state index in [1.54, 1.807) is 11.0 Å². The molecular formula is C17H24ClN3O4. The van der Waals surface area contributed by atoms with Gasteiger partial charge in [-0.1, -0.05) is 11.6 Å². The molecule has 138 valence electrons. The topological polar surface area (TPSA) is 74.3 Å². The Balaban J connectivity index is 1.76. The molecule has 2 saturated heterocycles. The molecule has 2 amide bonds. The third kappa shape index (κ3) is 4.36. The van der Waals surface area contributed by atoms with E-state index in [0.717, 1.165) is 18.8 Å².